The molecule has 39 heavy (non-hydrogen) atoms. The molecule has 2 bridgehead atoms. The Morgan fingerprint density at radius 1 is 1.00 bits per heavy atom. The van der Waals surface area contributed by atoms with Gasteiger partial charge in [0.2, 0.25) is 5.79 Å². The molecule has 8 nitrogen and oxygen atoms in total. The molecule has 2 aromatic rings. The highest BCUT2D eigenvalue weighted by atomic mass is 17.3. The largest absolute Gasteiger partial charge is 0.493 e. The van der Waals surface area contributed by atoms with Gasteiger partial charge in [-0.3, -0.25) is 0 Å². The number of fused-ring (bicyclic) bond motifs is 2. The zero-order chi connectivity index (χ0) is 27.4. The first kappa shape index (κ1) is 26.6. The van der Waals surface area contributed by atoms with E-state index in [4.69, 9.17) is 33.5 Å². The normalized spacial score (nSPS) is 37.8. The summed E-state index contributed by atoms with van der Waals surface area (Å²) in [7, 11) is 1.53. The van der Waals surface area contributed by atoms with E-state index >= 15 is 0 Å². The topological polar surface area (TPSA) is 81.7 Å². The van der Waals surface area contributed by atoms with Crippen LogP contribution in [0.1, 0.15) is 65.0 Å². The Bertz CT molecular complexity index is 1220. The van der Waals surface area contributed by atoms with Gasteiger partial charge in [-0.05, 0) is 80.7 Å². The maximum absolute atomic E-state index is 12.8. The van der Waals surface area contributed by atoms with Crippen molar-refractivity contribution in [3.63, 3.8) is 0 Å². The minimum Gasteiger partial charge on any atom is -0.493 e. The molecule has 0 amide bonds. The first-order valence-corrected chi connectivity index (χ1v) is 14.1. The molecule has 0 aromatic heterocycles. The molecule has 1 saturated carbocycles. The van der Waals surface area contributed by atoms with Gasteiger partial charge in [0.15, 0.2) is 29.5 Å². The SMILES string of the molecule is COc1ccccc1OC(=O)C(C)Oc1cccc([C@H]2O[C@@H]3O[C@]4(C)CC[C@H]5[C@H](C)CC[C@@H]([C@H]2C)[C@@]35OO4)c1. The van der Waals surface area contributed by atoms with E-state index in [1.165, 1.54) is 7.11 Å². The molecule has 1 spiro atoms. The molecule has 4 saturated heterocycles. The van der Waals surface area contributed by atoms with Gasteiger partial charge in [-0.2, -0.15) is 0 Å². The fraction of sp³-hybridized carbons (Fsp3) is 0.581. The van der Waals surface area contributed by atoms with Gasteiger partial charge in [-0.25, -0.2) is 14.6 Å². The second-order valence-corrected chi connectivity index (χ2v) is 11.7. The van der Waals surface area contributed by atoms with E-state index in [0.29, 0.717) is 29.1 Å². The molecule has 7 rings (SSSR count). The first-order valence-electron chi connectivity index (χ1n) is 14.1. The number of ether oxygens (including phenoxy) is 5. The summed E-state index contributed by atoms with van der Waals surface area (Å²) in [5.41, 5.74) is 0.374. The molecule has 0 N–H and O–H groups in total. The van der Waals surface area contributed by atoms with Crippen molar-refractivity contribution < 1.29 is 38.3 Å². The van der Waals surface area contributed by atoms with E-state index in [9.17, 15) is 4.79 Å². The molecule has 8 heteroatoms. The van der Waals surface area contributed by atoms with Gasteiger partial charge in [0.25, 0.3) is 0 Å². The molecular weight excluding hydrogens is 500 g/mol. The predicted molar refractivity (Wildman–Crippen MR) is 141 cm³/mol. The number of hydrogen-bond donors (Lipinski definition) is 0. The van der Waals surface area contributed by atoms with Crippen LogP contribution in [0.3, 0.4) is 0 Å². The van der Waals surface area contributed by atoms with Crippen molar-refractivity contribution in [1.82, 2.24) is 0 Å². The van der Waals surface area contributed by atoms with Crippen molar-refractivity contribution in [2.24, 2.45) is 23.7 Å². The molecule has 210 valence electrons. The quantitative estimate of drug-likeness (QED) is 0.252. The third kappa shape index (κ3) is 4.51. The average molecular weight is 539 g/mol. The van der Waals surface area contributed by atoms with Gasteiger partial charge in [-0.15, -0.1) is 0 Å². The van der Waals surface area contributed by atoms with E-state index < -0.39 is 29.8 Å². The minimum absolute atomic E-state index is 0.161. The molecule has 4 aliphatic heterocycles. The van der Waals surface area contributed by atoms with Crippen LogP contribution < -0.4 is 14.2 Å². The fourth-order valence-electron chi connectivity index (χ4n) is 7.20. The van der Waals surface area contributed by atoms with Crippen LogP contribution in [0.5, 0.6) is 17.2 Å². The summed E-state index contributed by atoms with van der Waals surface area (Å²) in [5, 5.41) is 0. The van der Waals surface area contributed by atoms with Crippen LogP contribution in [0.2, 0.25) is 0 Å². The predicted octanol–water partition coefficient (Wildman–Crippen LogP) is 5.99. The molecule has 9 atom stereocenters. The van der Waals surface area contributed by atoms with E-state index in [1.54, 1.807) is 25.1 Å². The Morgan fingerprint density at radius 3 is 2.59 bits per heavy atom. The summed E-state index contributed by atoms with van der Waals surface area (Å²) in [6, 6.07) is 14.8. The van der Waals surface area contributed by atoms with Gasteiger partial charge in [0.05, 0.1) is 13.2 Å². The smallest absolute Gasteiger partial charge is 0.352 e. The minimum atomic E-state index is -0.829. The summed E-state index contributed by atoms with van der Waals surface area (Å²) in [4.78, 5) is 25.0. The number of esters is 1. The molecular formula is C31H38O8. The summed E-state index contributed by atoms with van der Waals surface area (Å²) >= 11 is 0. The number of carbonyl (C=O) groups is 1. The van der Waals surface area contributed by atoms with Gasteiger partial charge >= 0.3 is 5.97 Å². The number of rotatable bonds is 6. The van der Waals surface area contributed by atoms with E-state index in [1.807, 2.05) is 37.3 Å². The van der Waals surface area contributed by atoms with Gasteiger partial charge in [-0.1, -0.05) is 38.1 Å². The van der Waals surface area contributed by atoms with Crippen LogP contribution in [0.25, 0.3) is 0 Å². The molecule has 1 unspecified atom stereocenters. The Kier molecular flexibility index (Phi) is 6.86. The van der Waals surface area contributed by atoms with E-state index in [0.717, 1.165) is 31.2 Å². The average Bonchev–Trinajstić information content (AvgIpc) is 3.17. The van der Waals surface area contributed by atoms with Crippen LogP contribution >= 0.6 is 0 Å². The van der Waals surface area contributed by atoms with Crippen molar-refractivity contribution >= 4 is 5.97 Å². The Hall–Kier alpha value is -2.65. The van der Waals surface area contributed by atoms with Crippen LogP contribution in [0.4, 0.5) is 0 Å². The Morgan fingerprint density at radius 2 is 1.79 bits per heavy atom. The lowest BCUT2D eigenvalue weighted by atomic mass is 9.57. The second-order valence-electron chi connectivity index (χ2n) is 11.7. The molecule has 5 fully saturated rings. The van der Waals surface area contributed by atoms with E-state index in [-0.39, 0.29) is 17.9 Å². The Balaban J connectivity index is 1.21. The zero-order valence-electron chi connectivity index (χ0n) is 23.3. The highest BCUT2D eigenvalue weighted by molar-refractivity contribution is 5.77. The van der Waals surface area contributed by atoms with Crippen molar-refractivity contribution in [2.75, 3.05) is 7.11 Å². The first-order chi connectivity index (χ1) is 18.7. The molecule has 1 aliphatic carbocycles. The third-order valence-electron chi connectivity index (χ3n) is 9.27. The van der Waals surface area contributed by atoms with Crippen molar-refractivity contribution in [2.45, 2.75) is 83.3 Å². The van der Waals surface area contributed by atoms with Gasteiger partial charge < -0.3 is 23.7 Å². The number of methoxy groups -OCH3 is 1. The maximum Gasteiger partial charge on any atom is 0.352 e. The summed E-state index contributed by atoms with van der Waals surface area (Å²) in [6.07, 6.45) is 2.39. The highest BCUT2D eigenvalue weighted by Gasteiger charge is 2.69. The standard InChI is InChI=1S/C31H38O8/c1-18-13-14-24-19(2)27(36-29-31(24)23(18)15-16-30(4,37-29)38-39-31)21-9-8-10-22(17-21)34-20(3)28(32)35-26-12-7-6-11-25(26)33-5/h6-12,17-20,23-24,27,29H,13-16H2,1-5H3/t18-,19-,20?,23+,24+,27+,29-,30+,31-/m1/s1. The fourth-order valence-corrected chi connectivity index (χ4v) is 7.20. The monoisotopic (exact) mass is 538 g/mol. The molecule has 4 heterocycles. The number of carbonyl (C=O) groups excluding carboxylic acids is 1. The lowest BCUT2D eigenvalue weighted by Gasteiger charge is -2.60. The van der Waals surface area contributed by atoms with Crippen molar-refractivity contribution in [3.05, 3.63) is 54.1 Å². The van der Waals surface area contributed by atoms with Crippen LogP contribution in [0.15, 0.2) is 48.5 Å². The number of benzene rings is 2. The van der Waals surface area contributed by atoms with Gasteiger partial charge in [0, 0.05) is 12.3 Å². The number of hydrogen-bond acceptors (Lipinski definition) is 8. The van der Waals surface area contributed by atoms with Crippen LogP contribution in [-0.4, -0.2) is 36.9 Å². The van der Waals surface area contributed by atoms with Gasteiger partial charge in [0.1, 0.15) is 5.75 Å². The Labute approximate surface area is 229 Å². The summed E-state index contributed by atoms with van der Waals surface area (Å²) in [6.45, 7) is 8.16. The summed E-state index contributed by atoms with van der Waals surface area (Å²) < 4.78 is 30.1. The molecule has 2 aromatic carbocycles. The van der Waals surface area contributed by atoms with E-state index in [2.05, 4.69) is 13.8 Å². The molecule has 5 aliphatic rings. The zero-order valence-corrected chi connectivity index (χ0v) is 23.3. The third-order valence-corrected chi connectivity index (χ3v) is 9.27. The van der Waals surface area contributed by atoms with Crippen LogP contribution in [-0.2, 0) is 24.0 Å². The van der Waals surface area contributed by atoms with Crippen molar-refractivity contribution in [1.29, 1.82) is 0 Å². The van der Waals surface area contributed by atoms with Crippen molar-refractivity contribution in [3.8, 4) is 17.2 Å². The second kappa shape index (κ2) is 10.1. The highest BCUT2D eigenvalue weighted by Crippen LogP contribution is 2.62. The summed E-state index contributed by atoms with van der Waals surface area (Å²) in [5.74, 6) is 1.30. The number of para-hydroxylation sites is 2. The maximum atomic E-state index is 12.8. The lowest BCUT2D eigenvalue weighted by Crippen LogP contribution is -2.69. The lowest BCUT2D eigenvalue weighted by molar-refractivity contribution is -0.571. The van der Waals surface area contributed by atoms with Crippen LogP contribution in [0, 0.1) is 23.7 Å². The molecule has 0 radical (unpaired) electrons.